The second kappa shape index (κ2) is 13.8. The van der Waals surface area contributed by atoms with E-state index in [1.807, 2.05) is 70.1 Å². The SMILES string of the molecule is CN=C(N)c1ccc(OCCCCn2ccn(CCCCOc3ccc(C(N)=NC)cc3)c2=N)cc1. The van der Waals surface area contributed by atoms with E-state index in [1.165, 1.54) is 0 Å². The molecule has 2 aromatic carbocycles. The first-order chi connectivity index (χ1) is 17.5. The zero-order valence-electron chi connectivity index (χ0n) is 21.2. The zero-order valence-corrected chi connectivity index (χ0v) is 21.2. The lowest BCUT2D eigenvalue weighted by Gasteiger charge is -2.08. The molecule has 0 aliphatic carbocycles. The third kappa shape index (κ3) is 7.76. The van der Waals surface area contributed by atoms with Crippen LogP contribution in [0.4, 0.5) is 0 Å². The molecule has 36 heavy (non-hydrogen) atoms. The molecule has 0 unspecified atom stereocenters. The van der Waals surface area contributed by atoms with Gasteiger partial charge in [0.05, 0.1) is 13.2 Å². The Hall–Kier alpha value is -4.01. The van der Waals surface area contributed by atoms with Crippen molar-refractivity contribution >= 4 is 11.7 Å². The van der Waals surface area contributed by atoms with Crippen LogP contribution < -0.4 is 26.6 Å². The molecule has 1 aromatic heterocycles. The molecule has 0 aliphatic rings. The average Bonchev–Trinajstić information content (AvgIpc) is 3.26. The first-order valence-electron chi connectivity index (χ1n) is 12.2. The number of amidine groups is 2. The molecule has 0 atom stereocenters. The summed E-state index contributed by atoms with van der Waals surface area (Å²) in [7, 11) is 3.35. The molecule has 0 saturated carbocycles. The zero-order chi connectivity index (χ0) is 25.8. The largest absolute Gasteiger partial charge is 0.494 e. The van der Waals surface area contributed by atoms with Gasteiger partial charge in [0.2, 0.25) is 5.62 Å². The molecule has 9 nitrogen and oxygen atoms in total. The van der Waals surface area contributed by atoms with Gasteiger partial charge in [0.15, 0.2) is 0 Å². The number of nitrogens with one attached hydrogen (secondary N) is 1. The normalized spacial score (nSPS) is 12.1. The maximum atomic E-state index is 8.42. The van der Waals surface area contributed by atoms with E-state index in [2.05, 4.69) is 9.98 Å². The minimum Gasteiger partial charge on any atom is -0.494 e. The smallest absolute Gasteiger partial charge is 0.202 e. The lowest BCUT2D eigenvalue weighted by atomic mass is 10.2. The molecule has 0 amide bonds. The van der Waals surface area contributed by atoms with Crippen molar-refractivity contribution in [2.24, 2.45) is 21.5 Å². The van der Waals surface area contributed by atoms with Gasteiger partial charge in [0.1, 0.15) is 23.2 Å². The Bertz CT molecular complexity index is 1100. The monoisotopic (exact) mass is 491 g/mol. The minimum atomic E-state index is 0.514. The van der Waals surface area contributed by atoms with Crippen LogP contribution in [0.25, 0.3) is 0 Å². The van der Waals surface area contributed by atoms with Gasteiger partial charge in [-0.1, -0.05) is 0 Å². The first-order valence-corrected chi connectivity index (χ1v) is 12.2. The van der Waals surface area contributed by atoms with Crippen LogP contribution in [-0.2, 0) is 13.1 Å². The van der Waals surface area contributed by atoms with Gasteiger partial charge in [-0.25, -0.2) is 0 Å². The number of nitrogens with zero attached hydrogens (tertiary/aromatic N) is 4. The highest BCUT2D eigenvalue weighted by molar-refractivity contribution is 5.97. The Labute approximate surface area is 212 Å². The third-order valence-corrected chi connectivity index (χ3v) is 5.88. The highest BCUT2D eigenvalue weighted by atomic mass is 16.5. The van der Waals surface area contributed by atoms with Crippen LogP contribution in [-0.4, -0.2) is 48.1 Å². The Kier molecular flexibility index (Phi) is 10.2. The minimum absolute atomic E-state index is 0.514. The van der Waals surface area contributed by atoms with Gasteiger partial charge < -0.3 is 30.1 Å². The summed E-state index contributed by atoms with van der Waals surface area (Å²) >= 11 is 0. The van der Waals surface area contributed by atoms with Crippen molar-refractivity contribution in [1.82, 2.24) is 9.13 Å². The van der Waals surface area contributed by atoms with Crippen LogP contribution in [0.5, 0.6) is 11.5 Å². The Balaban J connectivity index is 1.31. The van der Waals surface area contributed by atoms with Crippen LogP contribution in [0.2, 0.25) is 0 Å². The van der Waals surface area contributed by atoms with Crippen molar-refractivity contribution in [3.63, 3.8) is 0 Å². The second-order valence-electron chi connectivity index (χ2n) is 8.39. The Morgan fingerprint density at radius 3 is 1.44 bits per heavy atom. The van der Waals surface area contributed by atoms with Crippen LogP contribution in [0.1, 0.15) is 36.8 Å². The second-order valence-corrected chi connectivity index (χ2v) is 8.39. The molecule has 9 heteroatoms. The quantitative estimate of drug-likeness (QED) is 0.182. The highest BCUT2D eigenvalue weighted by Gasteiger charge is 2.03. The number of aliphatic imine (C=N–C) groups is 2. The fourth-order valence-electron chi connectivity index (χ4n) is 3.68. The third-order valence-electron chi connectivity index (χ3n) is 5.88. The van der Waals surface area contributed by atoms with Crippen LogP contribution in [0.3, 0.4) is 0 Å². The standard InChI is InChI=1S/C27H37N7O2/c1-31-25(28)21-7-11-23(12-8-21)35-19-5-3-15-33-17-18-34(27(33)30)16-4-6-20-36-24-13-9-22(10-14-24)26(29)32-2/h7-14,17-18,30H,3-6,15-16,19-20H2,1-2H3,(H2,28,31)(H2,29,32). The van der Waals surface area contributed by atoms with E-state index in [9.17, 15) is 0 Å². The summed E-state index contributed by atoms with van der Waals surface area (Å²) in [5.74, 6) is 2.67. The number of ether oxygens (including phenoxy) is 2. The summed E-state index contributed by atoms with van der Waals surface area (Å²) in [4.78, 5) is 7.96. The molecule has 0 bridgehead atoms. The summed E-state index contributed by atoms with van der Waals surface area (Å²) in [5, 5.41) is 8.42. The van der Waals surface area contributed by atoms with Crippen molar-refractivity contribution in [2.45, 2.75) is 38.8 Å². The van der Waals surface area contributed by atoms with Gasteiger partial charge in [-0.2, -0.15) is 0 Å². The van der Waals surface area contributed by atoms with Gasteiger partial charge in [-0.3, -0.25) is 15.4 Å². The van der Waals surface area contributed by atoms with E-state index >= 15 is 0 Å². The summed E-state index contributed by atoms with van der Waals surface area (Å²) in [5.41, 5.74) is 13.9. The van der Waals surface area contributed by atoms with E-state index in [-0.39, 0.29) is 0 Å². The lowest BCUT2D eigenvalue weighted by Crippen LogP contribution is -2.24. The maximum Gasteiger partial charge on any atom is 0.202 e. The van der Waals surface area contributed by atoms with Crippen molar-refractivity contribution < 1.29 is 9.47 Å². The predicted molar refractivity (Wildman–Crippen MR) is 144 cm³/mol. The topological polar surface area (TPSA) is 129 Å². The molecule has 192 valence electrons. The molecule has 0 radical (unpaired) electrons. The number of unbranched alkanes of at least 4 members (excludes halogenated alkanes) is 2. The Morgan fingerprint density at radius 1 is 0.694 bits per heavy atom. The molecular formula is C27H37N7O2. The highest BCUT2D eigenvalue weighted by Crippen LogP contribution is 2.14. The number of benzene rings is 2. The molecule has 0 saturated heterocycles. The number of hydrogen-bond donors (Lipinski definition) is 3. The van der Waals surface area contributed by atoms with E-state index in [4.69, 9.17) is 26.4 Å². The van der Waals surface area contributed by atoms with E-state index in [0.717, 1.165) is 61.4 Å². The van der Waals surface area contributed by atoms with Gasteiger partial charge in [0.25, 0.3) is 0 Å². The molecule has 1 heterocycles. The first kappa shape index (κ1) is 26.6. The van der Waals surface area contributed by atoms with E-state index in [1.54, 1.807) is 14.1 Å². The number of aromatic nitrogens is 2. The van der Waals surface area contributed by atoms with Gasteiger partial charge in [0, 0.05) is 50.7 Å². The molecule has 3 rings (SSSR count). The number of nitrogens with two attached hydrogens (primary N) is 2. The fourth-order valence-corrected chi connectivity index (χ4v) is 3.68. The fraction of sp³-hybridized carbons (Fsp3) is 0.370. The molecular weight excluding hydrogens is 454 g/mol. The van der Waals surface area contributed by atoms with Crippen molar-refractivity contribution in [3.8, 4) is 11.5 Å². The lowest BCUT2D eigenvalue weighted by molar-refractivity contribution is 0.301. The van der Waals surface area contributed by atoms with E-state index < -0.39 is 0 Å². The van der Waals surface area contributed by atoms with Crippen molar-refractivity contribution in [2.75, 3.05) is 27.3 Å². The summed E-state index contributed by atoms with van der Waals surface area (Å²) in [6, 6.07) is 15.3. The van der Waals surface area contributed by atoms with Crippen LogP contribution in [0.15, 0.2) is 70.9 Å². The number of rotatable bonds is 14. The van der Waals surface area contributed by atoms with Crippen molar-refractivity contribution in [3.05, 3.63) is 77.7 Å². The van der Waals surface area contributed by atoms with Crippen molar-refractivity contribution in [1.29, 1.82) is 5.41 Å². The number of aryl methyl sites for hydroxylation is 2. The summed E-state index contributed by atoms with van der Waals surface area (Å²) in [6.07, 6.45) is 7.66. The van der Waals surface area contributed by atoms with Gasteiger partial charge in [-0.05, 0) is 74.2 Å². The Morgan fingerprint density at radius 2 is 1.08 bits per heavy atom. The van der Waals surface area contributed by atoms with Gasteiger partial charge >= 0.3 is 0 Å². The molecule has 0 fully saturated rings. The van der Waals surface area contributed by atoms with Gasteiger partial charge in [-0.15, -0.1) is 0 Å². The maximum absolute atomic E-state index is 8.42. The summed E-state index contributed by atoms with van der Waals surface area (Å²) < 4.78 is 15.6. The molecule has 0 aliphatic heterocycles. The molecule has 5 N–H and O–H groups in total. The van der Waals surface area contributed by atoms with Crippen LogP contribution in [0, 0.1) is 5.41 Å². The predicted octanol–water partition coefficient (Wildman–Crippen LogP) is 3.16. The summed E-state index contributed by atoms with van der Waals surface area (Å²) in [6.45, 7) is 2.86. The van der Waals surface area contributed by atoms with Crippen LogP contribution >= 0.6 is 0 Å². The molecule has 0 spiro atoms. The number of hydrogen-bond acceptors (Lipinski definition) is 5. The molecule has 3 aromatic rings. The number of imidazole rings is 1. The average molecular weight is 492 g/mol. The van der Waals surface area contributed by atoms with E-state index in [0.29, 0.717) is 30.5 Å².